The van der Waals surface area contributed by atoms with Gasteiger partial charge in [-0.3, -0.25) is 0 Å². The Bertz CT molecular complexity index is 1190. The minimum Gasteiger partial charge on any atom is -0.491 e. The monoisotopic (exact) mass is 581 g/mol. The van der Waals surface area contributed by atoms with Crippen LogP contribution in [-0.4, -0.2) is 13.2 Å². The zero-order valence-corrected chi connectivity index (χ0v) is 23.6. The average molecular weight is 583 g/mol. The molecule has 0 spiro atoms. The standard InChI is InChI=1S/C28H28BrN3O2S2/c1-3-5-15-33-25-19(17-30)20(18-31)26(34-16-6-4-2)28(36-24-14-10-8-12-22(24)32)27(25)35-23-13-9-7-11-21(23)29/h7-14H,3-6,15-16,32H2,1-2H3. The number of halogens is 1. The Kier molecular flexibility index (Phi) is 10.9. The summed E-state index contributed by atoms with van der Waals surface area (Å²) in [4.78, 5) is 3.23. The first-order valence-electron chi connectivity index (χ1n) is 11.8. The number of hydrogen-bond acceptors (Lipinski definition) is 7. The van der Waals surface area contributed by atoms with Gasteiger partial charge in [-0.2, -0.15) is 10.5 Å². The van der Waals surface area contributed by atoms with E-state index in [1.165, 1.54) is 23.5 Å². The number of nitrogens with two attached hydrogens (primary N) is 1. The highest BCUT2D eigenvalue weighted by atomic mass is 79.9. The van der Waals surface area contributed by atoms with Crippen LogP contribution >= 0.6 is 39.5 Å². The molecule has 0 aliphatic rings. The molecule has 8 heteroatoms. The summed E-state index contributed by atoms with van der Waals surface area (Å²) in [5.74, 6) is 0.802. The van der Waals surface area contributed by atoms with E-state index in [9.17, 15) is 10.5 Å². The van der Waals surface area contributed by atoms with E-state index in [0.29, 0.717) is 35.3 Å². The van der Waals surface area contributed by atoms with E-state index < -0.39 is 0 Å². The van der Waals surface area contributed by atoms with Crippen molar-refractivity contribution >= 4 is 45.1 Å². The maximum absolute atomic E-state index is 10.2. The Morgan fingerprint density at radius 1 is 0.778 bits per heavy atom. The molecule has 36 heavy (non-hydrogen) atoms. The Hall–Kier alpha value is -2.78. The number of ether oxygens (including phenoxy) is 2. The summed E-state index contributed by atoms with van der Waals surface area (Å²) in [5, 5.41) is 20.3. The molecule has 0 aliphatic heterocycles. The number of hydrogen-bond donors (Lipinski definition) is 1. The SMILES string of the molecule is CCCCOc1c(C#N)c(C#N)c(OCCCC)c(Sc2ccccc2Br)c1Sc1ccccc1N. The average Bonchev–Trinajstić information content (AvgIpc) is 2.88. The van der Waals surface area contributed by atoms with Gasteiger partial charge < -0.3 is 15.2 Å². The van der Waals surface area contributed by atoms with Crippen molar-refractivity contribution in [2.45, 2.75) is 59.1 Å². The Balaban J connectivity index is 2.33. The van der Waals surface area contributed by atoms with E-state index >= 15 is 0 Å². The predicted molar refractivity (Wildman–Crippen MR) is 150 cm³/mol. The molecule has 0 amide bonds. The second kappa shape index (κ2) is 14.1. The third-order valence-electron chi connectivity index (χ3n) is 5.21. The zero-order valence-electron chi connectivity index (χ0n) is 20.3. The van der Waals surface area contributed by atoms with Crippen LogP contribution in [0.3, 0.4) is 0 Å². The van der Waals surface area contributed by atoms with Crippen molar-refractivity contribution < 1.29 is 9.47 Å². The molecule has 0 saturated carbocycles. The third kappa shape index (κ3) is 6.70. The molecule has 0 fully saturated rings. The second-order valence-electron chi connectivity index (χ2n) is 7.87. The highest BCUT2D eigenvalue weighted by Crippen LogP contribution is 2.53. The highest BCUT2D eigenvalue weighted by molar-refractivity contribution is 9.10. The van der Waals surface area contributed by atoms with Crippen LogP contribution < -0.4 is 15.2 Å². The third-order valence-corrected chi connectivity index (χ3v) is 8.65. The number of anilines is 1. The smallest absolute Gasteiger partial charge is 0.153 e. The minimum atomic E-state index is 0.189. The number of para-hydroxylation sites is 1. The fourth-order valence-electron chi connectivity index (χ4n) is 3.29. The van der Waals surface area contributed by atoms with Gasteiger partial charge in [0.15, 0.2) is 11.5 Å². The quantitative estimate of drug-likeness (QED) is 0.169. The van der Waals surface area contributed by atoms with Crippen molar-refractivity contribution in [2.24, 2.45) is 0 Å². The maximum Gasteiger partial charge on any atom is 0.153 e. The molecular weight excluding hydrogens is 554 g/mol. The van der Waals surface area contributed by atoms with Crippen molar-refractivity contribution in [3.8, 4) is 23.6 Å². The summed E-state index contributed by atoms with van der Waals surface area (Å²) in [6, 6.07) is 19.9. The maximum atomic E-state index is 10.2. The topological polar surface area (TPSA) is 92.1 Å². The van der Waals surface area contributed by atoms with Gasteiger partial charge in [-0.1, -0.05) is 74.5 Å². The van der Waals surface area contributed by atoms with E-state index in [2.05, 4.69) is 41.9 Å². The molecule has 2 N–H and O–H groups in total. The van der Waals surface area contributed by atoms with Crippen LogP contribution in [0.4, 0.5) is 5.69 Å². The number of nitrogens with zero attached hydrogens (tertiary/aromatic N) is 2. The Labute approximate surface area is 230 Å². The van der Waals surface area contributed by atoms with Crippen LogP contribution in [0, 0.1) is 22.7 Å². The summed E-state index contributed by atoms with van der Waals surface area (Å²) < 4.78 is 13.4. The molecule has 3 rings (SSSR count). The number of unbranched alkanes of at least 4 members (excludes halogenated alkanes) is 2. The molecule has 0 aromatic heterocycles. The molecule has 3 aromatic rings. The highest BCUT2D eigenvalue weighted by Gasteiger charge is 2.29. The second-order valence-corrected chi connectivity index (χ2v) is 10.8. The molecule has 5 nitrogen and oxygen atoms in total. The van der Waals surface area contributed by atoms with Gasteiger partial charge in [0.2, 0.25) is 0 Å². The van der Waals surface area contributed by atoms with Gasteiger partial charge in [-0.25, -0.2) is 0 Å². The Morgan fingerprint density at radius 2 is 1.25 bits per heavy atom. The van der Waals surface area contributed by atoms with Gasteiger partial charge in [0.1, 0.15) is 23.3 Å². The van der Waals surface area contributed by atoms with Gasteiger partial charge >= 0.3 is 0 Å². The minimum absolute atomic E-state index is 0.189. The van der Waals surface area contributed by atoms with Crippen LogP contribution in [0.15, 0.2) is 72.6 Å². The van der Waals surface area contributed by atoms with Gasteiger partial charge in [0, 0.05) is 20.0 Å². The number of nitrogen functional groups attached to an aromatic ring is 1. The molecule has 0 atom stereocenters. The van der Waals surface area contributed by atoms with E-state index in [1.807, 2.05) is 48.5 Å². The van der Waals surface area contributed by atoms with Crippen LogP contribution in [-0.2, 0) is 0 Å². The van der Waals surface area contributed by atoms with E-state index in [-0.39, 0.29) is 11.1 Å². The molecule has 3 aromatic carbocycles. The van der Waals surface area contributed by atoms with Crippen LogP contribution in [0.25, 0.3) is 0 Å². The Morgan fingerprint density at radius 3 is 1.72 bits per heavy atom. The first-order valence-corrected chi connectivity index (χ1v) is 14.2. The van der Waals surface area contributed by atoms with Gasteiger partial charge in [-0.05, 0) is 53.0 Å². The number of rotatable bonds is 12. The van der Waals surface area contributed by atoms with E-state index in [4.69, 9.17) is 15.2 Å². The van der Waals surface area contributed by atoms with Crippen molar-refractivity contribution in [3.63, 3.8) is 0 Å². The fourth-order valence-corrected chi connectivity index (χ4v) is 6.03. The molecule has 0 radical (unpaired) electrons. The number of nitriles is 2. The van der Waals surface area contributed by atoms with E-state index in [1.54, 1.807) is 0 Å². The largest absolute Gasteiger partial charge is 0.491 e. The lowest BCUT2D eigenvalue weighted by molar-refractivity contribution is 0.286. The van der Waals surface area contributed by atoms with Crippen LogP contribution in [0.2, 0.25) is 0 Å². The lowest BCUT2D eigenvalue weighted by Crippen LogP contribution is -2.07. The van der Waals surface area contributed by atoms with Crippen molar-refractivity contribution in [1.29, 1.82) is 10.5 Å². The van der Waals surface area contributed by atoms with Crippen molar-refractivity contribution in [2.75, 3.05) is 18.9 Å². The summed E-state index contributed by atoms with van der Waals surface area (Å²) in [6.45, 7) is 5.03. The lowest BCUT2D eigenvalue weighted by Gasteiger charge is -2.22. The van der Waals surface area contributed by atoms with Gasteiger partial charge in [0.05, 0.1) is 23.0 Å². The van der Waals surface area contributed by atoms with E-state index in [0.717, 1.165) is 44.8 Å². The number of benzene rings is 3. The first kappa shape index (κ1) is 27.8. The summed E-state index contributed by atoms with van der Waals surface area (Å²) in [5.41, 5.74) is 7.31. The first-order chi connectivity index (χ1) is 17.5. The van der Waals surface area contributed by atoms with Crippen LogP contribution in [0.5, 0.6) is 11.5 Å². The molecule has 0 bridgehead atoms. The van der Waals surface area contributed by atoms with Crippen molar-refractivity contribution in [3.05, 3.63) is 64.1 Å². The normalized spacial score (nSPS) is 10.5. The predicted octanol–water partition coefficient (Wildman–Crippen LogP) is 8.43. The molecular formula is C28H28BrN3O2S2. The molecule has 0 unspecified atom stereocenters. The summed E-state index contributed by atoms with van der Waals surface area (Å²) in [6.07, 6.45) is 3.54. The van der Waals surface area contributed by atoms with Gasteiger partial charge in [-0.15, -0.1) is 0 Å². The zero-order chi connectivity index (χ0) is 25.9. The molecule has 0 saturated heterocycles. The van der Waals surface area contributed by atoms with Crippen LogP contribution in [0.1, 0.15) is 50.7 Å². The molecule has 186 valence electrons. The molecule has 0 heterocycles. The molecule has 0 aliphatic carbocycles. The summed E-state index contributed by atoms with van der Waals surface area (Å²) in [7, 11) is 0. The fraction of sp³-hybridized carbons (Fsp3) is 0.286. The van der Waals surface area contributed by atoms with Gasteiger partial charge in [0.25, 0.3) is 0 Å². The summed E-state index contributed by atoms with van der Waals surface area (Å²) >= 11 is 6.55. The lowest BCUT2D eigenvalue weighted by atomic mass is 10.1. The van der Waals surface area contributed by atoms with Crippen molar-refractivity contribution in [1.82, 2.24) is 0 Å².